The second kappa shape index (κ2) is 7.79. The number of anilines is 2. The van der Waals surface area contributed by atoms with Gasteiger partial charge < -0.3 is 25.5 Å². The monoisotopic (exact) mass is 450 g/mol. The fourth-order valence-electron chi connectivity index (χ4n) is 3.25. The van der Waals surface area contributed by atoms with Gasteiger partial charge in [0.2, 0.25) is 0 Å². The number of amides is 3. The molecule has 1 aliphatic rings. The van der Waals surface area contributed by atoms with Gasteiger partial charge >= 0.3 is 0 Å². The molecule has 11 nitrogen and oxygen atoms in total. The molecule has 2 heterocycles. The Morgan fingerprint density at radius 3 is 2.58 bits per heavy atom. The maximum Gasteiger partial charge on any atom is 0.284 e. The number of primary amides is 1. The molecule has 0 fully saturated rings. The third kappa shape index (κ3) is 3.87. The molecule has 4 N–H and O–H groups in total. The predicted molar refractivity (Wildman–Crippen MR) is 117 cm³/mol. The van der Waals surface area contributed by atoms with Gasteiger partial charge in [-0.2, -0.15) is 0 Å². The molecule has 11 heteroatoms. The number of carbonyl (C=O) groups excluding carboxylic acids is 3. The van der Waals surface area contributed by atoms with E-state index in [2.05, 4.69) is 10.6 Å². The van der Waals surface area contributed by atoms with Crippen LogP contribution in [0.15, 0.2) is 52.9 Å². The molecular formula is C22H18N4O7. The van der Waals surface area contributed by atoms with Gasteiger partial charge in [0.15, 0.2) is 5.76 Å². The minimum Gasteiger partial charge on any atom is -0.465 e. The smallest absolute Gasteiger partial charge is 0.284 e. The molecule has 1 aliphatic heterocycles. The number of non-ortho nitro benzene ring substituents is 1. The van der Waals surface area contributed by atoms with Gasteiger partial charge in [-0.3, -0.25) is 24.5 Å². The number of nitrogens with zero attached hydrogens (tertiary/aromatic N) is 1. The van der Waals surface area contributed by atoms with E-state index in [1.54, 1.807) is 31.2 Å². The Bertz CT molecular complexity index is 1330. The first kappa shape index (κ1) is 21.6. The van der Waals surface area contributed by atoms with Crippen molar-refractivity contribution < 1.29 is 28.5 Å². The maximum absolute atomic E-state index is 13.1. The predicted octanol–water partition coefficient (Wildman–Crippen LogP) is 2.99. The van der Waals surface area contributed by atoms with Crippen LogP contribution in [0, 0.1) is 17.0 Å². The molecule has 0 aliphatic carbocycles. The topological polar surface area (TPSA) is 167 Å². The summed E-state index contributed by atoms with van der Waals surface area (Å²) in [6, 6.07) is 11.8. The lowest BCUT2D eigenvalue weighted by Gasteiger charge is -2.33. The van der Waals surface area contributed by atoms with Gasteiger partial charge in [0.05, 0.1) is 10.6 Å². The summed E-state index contributed by atoms with van der Waals surface area (Å²) in [6.07, 6.45) is 0. The Morgan fingerprint density at radius 2 is 1.91 bits per heavy atom. The first-order valence-electron chi connectivity index (χ1n) is 9.69. The molecule has 0 radical (unpaired) electrons. The number of hydrogen-bond acceptors (Lipinski definition) is 7. The summed E-state index contributed by atoms with van der Waals surface area (Å²) in [5.41, 5.74) is 4.81. The van der Waals surface area contributed by atoms with Crippen LogP contribution >= 0.6 is 0 Å². The van der Waals surface area contributed by atoms with Gasteiger partial charge in [-0.25, -0.2) is 0 Å². The van der Waals surface area contributed by atoms with Crippen LogP contribution in [0.2, 0.25) is 0 Å². The van der Waals surface area contributed by atoms with E-state index in [1.165, 1.54) is 25.1 Å². The minimum atomic E-state index is -1.94. The van der Waals surface area contributed by atoms with Crippen molar-refractivity contribution in [2.24, 2.45) is 5.73 Å². The first-order chi connectivity index (χ1) is 15.6. The summed E-state index contributed by atoms with van der Waals surface area (Å²) < 4.78 is 11.1. The lowest BCUT2D eigenvalue weighted by molar-refractivity contribution is -0.384. The van der Waals surface area contributed by atoms with E-state index in [9.17, 15) is 24.5 Å². The zero-order chi connectivity index (χ0) is 23.9. The number of nitrogens with one attached hydrogen (secondary N) is 2. The van der Waals surface area contributed by atoms with Crippen LogP contribution in [0.1, 0.15) is 23.0 Å². The lowest BCUT2D eigenvalue weighted by atomic mass is 10.0. The van der Waals surface area contributed by atoms with Crippen molar-refractivity contribution in [3.8, 4) is 17.1 Å². The summed E-state index contributed by atoms with van der Waals surface area (Å²) in [5.74, 6) is -1.75. The number of benzene rings is 2. The number of nitrogens with two attached hydrogens (primary N) is 1. The Balaban J connectivity index is 1.60. The van der Waals surface area contributed by atoms with Crippen molar-refractivity contribution in [2.45, 2.75) is 19.4 Å². The highest BCUT2D eigenvalue weighted by Gasteiger charge is 2.47. The average Bonchev–Trinajstić information content (AvgIpc) is 3.26. The Labute approximate surface area is 186 Å². The van der Waals surface area contributed by atoms with E-state index in [4.69, 9.17) is 14.9 Å². The van der Waals surface area contributed by atoms with Crippen molar-refractivity contribution in [1.82, 2.24) is 0 Å². The van der Waals surface area contributed by atoms with E-state index < -0.39 is 28.2 Å². The third-order valence-electron chi connectivity index (χ3n) is 5.22. The fraction of sp³-hybridized carbons (Fsp3) is 0.136. The quantitative estimate of drug-likeness (QED) is 0.305. The molecule has 1 aromatic heterocycles. The Kier molecular flexibility index (Phi) is 5.09. The van der Waals surface area contributed by atoms with Crippen LogP contribution in [0.3, 0.4) is 0 Å². The Hall–Kier alpha value is -4.67. The van der Waals surface area contributed by atoms with Crippen LogP contribution < -0.4 is 21.1 Å². The van der Waals surface area contributed by atoms with Crippen LogP contribution in [-0.4, -0.2) is 28.2 Å². The fourth-order valence-corrected chi connectivity index (χ4v) is 3.25. The average molecular weight is 450 g/mol. The van der Waals surface area contributed by atoms with E-state index >= 15 is 0 Å². The molecule has 3 amide bonds. The number of rotatable bonds is 5. The van der Waals surface area contributed by atoms with Gasteiger partial charge in [0.25, 0.3) is 29.0 Å². The summed E-state index contributed by atoms with van der Waals surface area (Å²) in [7, 11) is 0. The zero-order valence-corrected chi connectivity index (χ0v) is 17.5. The molecule has 0 saturated heterocycles. The molecular weight excluding hydrogens is 432 g/mol. The molecule has 0 saturated carbocycles. The van der Waals surface area contributed by atoms with Gasteiger partial charge in [-0.05, 0) is 43.7 Å². The molecule has 0 spiro atoms. The largest absolute Gasteiger partial charge is 0.465 e. The molecule has 2 aromatic carbocycles. The third-order valence-corrected chi connectivity index (χ3v) is 5.22. The summed E-state index contributed by atoms with van der Waals surface area (Å²) >= 11 is 0. The normalized spacial score (nSPS) is 16.8. The van der Waals surface area contributed by atoms with Gasteiger partial charge in [-0.1, -0.05) is 12.1 Å². The molecule has 1 unspecified atom stereocenters. The van der Waals surface area contributed by atoms with Crippen LogP contribution in [0.4, 0.5) is 17.1 Å². The summed E-state index contributed by atoms with van der Waals surface area (Å²) in [4.78, 5) is 47.4. The summed E-state index contributed by atoms with van der Waals surface area (Å²) in [5, 5.41) is 16.1. The number of fused-ring (bicyclic) bond motifs is 1. The van der Waals surface area contributed by atoms with Crippen molar-refractivity contribution in [2.75, 3.05) is 10.6 Å². The van der Waals surface area contributed by atoms with Gasteiger partial charge in [0, 0.05) is 23.4 Å². The van der Waals surface area contributed by atoms with E-state index in [0.29, 0.717) is 22.6 Å². The number of ether oxygens (including phenoxy) is 1. The zero-order valence-electron chi connectivity index (χ0n) is 17.5. The highest BCUT2D eigenvalue weighted by atomic mass is 16.6. The number of nitro benzene ring substituents is 1. The van der Waals surface area contributed by atoms with Crippen LogP contribution in [-0.2, 0) is 9.59 Å². The van der Waals surface area contributed by atoms with E-state index in [1.807, 2.05) is 0 Å². The number of furan rings is 1. The van der Waals surface area contributed by atoms with E-state index in [0.717, 1.165) is 6.07 Å². The molecule has 1 atom stereocenters. The van der Waals surface area contributed by atoms with Crippen LogP contribution in [0.5, 0.6) is 5.75 Å². The van der Waals surface area contributed by atoms with Crippen molar-refractivity contribution in [1.29, 1.82) is 0 Å². The van der Waals surface area contributed by atoms with Crippen molar-refractivity contribution >= 4 is 34.8 Å². The number of aryl methyl sites for hydroxylation is 1. The van der Waals surface area contributed by atoms with Crippen molar-refractivity contribution in [3.05, 3.63) is 70.0 Å². The molecule has 4 rings (SSSR count). The molecule has 3 aromatic rings. The van der Waals surface area contributed by atoms with Gasteiger partial charge in [-0.15, -0.1) is 0 Å². The number of nitro groups is 1. The van der Waals surface area contributed by atoms with Crippen LogP contribution in [0.25, 0.3) is 11.3 Å². The highest BCUT2D eigenvalue weighted by molar-refractivity contribution is 6.19. The number of hydrogen-bond donors (Lipinski definition) is 3. The highest BCUT2D eigenvalue weighted by Crippen LogP contribution is 2.37. The van der Waals surface area contributed by atoms with Gasteiger partial charge in [0.1, 0.15) is 11.5 Å². The minimum absolute atomic E-state index is 0.00477. The first-order valence-corrected chi connectivity index (χ1v) is 9.69. The molecule has 0 bridgehead atoms. The summed E-state index contributed by atoms with van der Waals surface area (Å²) in [6.45, 7) is 3.06. The van der Waals surface area contributed by atoms with E-state index in [-0.39, 0.29) is 22.9 Å². The Morgan fingerprint density at radius 1 is 1.15 bits per heavy atom. The lowest BCUT2D eigenvalue weighted by Crippen LogP contribution is -2.56. The number of carbonyl (C=O) groups is 3. The van der Waals surface area contributed by atoms with Crippen molar-refractivity contribution in [3.63, 3.8) is 0 Å². The SMILES string of the molecule is Cc1ccc(-c2ccc(C(N)=O)o2)cc1NC(=O)C1(C)Oc2ccc([N+](=O)[O-])cc2NC1=O. The second-order valence-electron chi connectivity index (χ2n) is 7.54. The molecule has 168 valence electrons. The standard InChI is InChI=1S/C22H18N4O7/c1-11-3-4-12(16-7-8-18(32-16)19(23)27)9-14(11)24-20(28)22(2)21(29)25-15-10-13(26(30)31)5-6-17(15)33-22/h3-10H,1-2H3,(H2,23,27)(H,24,28)(H,25,29). The molecule has 33 heavy (non-hydrogen) atoms. The second-order valence-corrected chi connectivity index (χ2v) is 7.54. The maximum atomic E-state index is 13.1.